The van der Waals surface area contributed by atoms with Gasteiger partial charge in [-0.2, -0.15) is 0 Å². The van der Waals surface area contributed by atoms with Crippen LogP contribution in [-0.2, 0) is 0 Å². The second-order valence-electron chi connectivity index (χ2n) is 4.50. The molecule has 24 heavy (non-hydrogen) atoms. The summed E-state index contributed by atoms with van der Waals surface area (Å²) >= 11 is 0. The molecule has 2 aromatic rings. The first-order chi connectivity index (χ1) is 11.5. The fraction of sp³-hybridized carbons (Fsp3) is 0.125. The number of hydrogen-bond acceptors (Lipinski definition) is 6. The minimum atomic E-state index is -1.08. The summed E-state index contributed by atoms with van der Waals surface area (Å²) in [6.07, 6.45) is 0. The van der Waals surface area contributed by atoms with E-state index in [2.05, 4.69) is 0 Å². The van der Waals surface area contributed by atoms with Crippen LogP contribution in [0.25, 0.3) is 0 Å². The van der Waals surface area contributed by atoms with E-state index in [1.165, 1.54) is 47.9 Å². The van der Waals surface area contributed by atoms with E-state index in [1.807, 2.05) is 0 Å². The van der Waals surface area contributed by atoms with E-state index in [4.69, 9.17) is 9.47 Å². The van der Waals surface area contributed by atoms with Crippen molar-refractivity contribution in [1.29, 1.82) is 0 Å². The summed E-state index contributed by atoms with van der Waals surface area (Å²) in [5, 5.41) is 18.6. The van der Waals surface area contributed by atoms with E-state index in [1.54, 1.807) is 24.3 Å². The highest BCUT2D eigenvalue weighted by Crippen LogP contribution is 2.42. The van der Waals surface area contributed by atoms with Crippen LogP contribution in [0, 0.1) is 0 Å². The molecule has 0 saturated heterocycles. The maximum atomic E-state index is 11.4. The molecular weight excluding hydrogens is 352 g/mol. The number of carboxylic acid groups (broad SMARTS) is 2. The predicted molar refractivity (Wildman–Crippen MR) is 91.6 cm³/mol. The molecule has 0 bridgehead atoms. The van der Waals surface area contributed by atoms with Crippen LogP contribution in [-0.4, -0.2) is 36.4 Å². The Morgan fingerprint density at radius 1 is 0.792 bits per heavy atom. The number of methoxy groups -OCH3 is 2. The van der Waals surface area contributed by atoms with Crippen molar-refractivity contribution in [3.63, 3.8) is 0 Å². The minimum absolute atomic E-state index is 0.0947. The standard InChI is InChI=1S/C16H14O6S2/c1-21-9-3-5-13(11(7-9)15(17)18)23-24-14-6-4-10(22-2)8-12(14)16(19)20/h3-8H,1-2H3,(H,17,18)(H,19,20). The lowest BCUT2D eigenvalue weighted by Crippen LogP contribution is -2.00. The highest BCUT2D eigenvalue weighted by Gasteiger charge is 2.16. The van der Waals surface area contributed by atoms with Gasteiger partial charge in [0.05, 0.1) is 25.3 Å². The summed E-state index contributed by atoms with van der Waals surface area (Å²) in [4.78, 5) is 23.7. The first-order valence-corrected chi connectivity index (χ1v) is 8.78. The van der Waals surface area contributed by atoms with Crippen LogP contribution in [0.5, 0.6) is 11.5 Å². The Balaban J connectivity index is 2.28. The molecule has 2 rings (SSSR count). The molecule has 0 atom stereocenters. The van der Waals surface area contributed by atoms with Crippen LogP contribution in [0.2, 0.25) is 0 Å². The van der Waals surface area contributed by atoms with Gasteiger partial charge < -0.3 is 19.7 Å². The van der Waals surface area contributed by atoms with Gasteiger partial charge in [-0.1, -0.05) is 21.6 Å². The monoisotopic (exact) mass is 366 g/mol. The molecule has 6 nitrogen and oxygen atoms in total. The maximum Gasteiger partial charge on any atom is 0.336 e. The van der Waals surface area contributed by atoms with E-state index >= 15 is 0 Å². The Hall–Kier alpha value is -2.32. The summed E-state index contributed by atoms with van der Waals surface area (Å²) in [7, 11) is 5.25. The van der Waals surface area contributed by atoms with Gasteiger partial charge in [0.25, 0.3) is 0 Å². The van der Waals surface area contributed by atoms with Crippen LogP contribution >= 0.6 is 21.6 Å². The van der Waals surface area contributed by atoms with Crippen LogP contribution in [0.4, 0.5) is 0 Å². The largest absolute Gasteiger partial charge is 0.497 e. The van der Waals surface area contributed by atoms with Gasteiger partial charge in [0.1, 0.15) is 11.5 Å². The summed E-state index contributed by atoms with van der Waals surface area (Å²) in [6, 6.07) is 9.42. The Morgan fingerprint density at radius 3 is 1.46 bits per heavy atom. The minimum Gasteiger partial charge on any atom is -0.497 e. The molecule has 2 N–H and O–H groups in total. The molecule has 0 unspecified atom stereocenters. The molecule has 0 amide bonds. The summed E-state index contributed by atoms with van der Waals surface area (Å²) in [5.74, 6) is -1.27. The van der Waals surface area contributed by atoms with Crippen molar-refractivity contribution < 1.29 is 29.3 Å². The average Bonchev–Trinajstić information content (AvgIpc) is 2.59. The first-order valence-electron chi connectivity index (χ1n) is 6.63. The van der Waals surface area contributed by atoms with Crippen LogP contribution in [0.3, 0.4) is 0 Å². The third kappa shape index (κ3) is 4.15. The molecule has 2 aromatic carbocycles. The number of benzene rings is 2. The number of aromatic carboxylic acids is 2. The van der Waals surface area contributed by atoms with Crippen molar-refractivity contribution in [1.82, 2.24) is 0 Å². The topological polar surface area (TPSA) is 93.1 Å². The van der Waals surface area contributed by atoms with Gasteiger partial charge in [0, 0.05) is 9.79 Å². The quantitative estimate of drug-likeness (QED) is 0.713. The zero-order valence-corrected chi connectivity index (χ0v) is 14.4. The van der Waals surface area contributed by atoms with Crippen molar-refractivity contribution in [2.24, 2.45) is 0 Å². The van der Waals surface area contributed by atoms with Crippen molar-refractivity contribution in [2.45, 2.75) is 9.79 Å². The normalized spacial score (nSPS) is 10.2. The van der Waals surface area contributed by atoms with Crippen LogP contribution < -0.4 is 9.47 Å². The average molecular weight is 366 g/mol. The number of carboxylic acids is 2. The SMILES string of the molecule is COc1ccc(SSc2ccc(OC)cc2C(=O)O)c(C(=O)O)c1. The van der Waals surface area contributed by atoms with Gasteiger partial charge >= 0.3 is 11.9 Å². The third-order valence-electron chi connectivity index (χ3n) is 3.06. The number of ether oxygens (including phenoxy) is 2. The van der Waals surface area contributed by atoms with Gasteiger partial charge in [0.2, 0.25) is 0 Å². The molecule has 0 radical (unpaired) electrons. The highest BCUT2D eigenvalue weighted by atomic mass is 33.1. The van der Waals surface area contributed by atoms with Gasteiger partial charge in [0.15, 0.2) is 0 Å². The van der Waals surface area contributed by atoms with Gasteiger partial charge in [-0.25, -0.2) is 9.59 Å². The predicted octanol–water partition coefficient (Wildman–Crippen LogP) is 3.90. The number of hydrogen-bond donors (Lipinski definition) is 2. The molecule has 0 spiro atoms. The summed E-state index contributed by atoms with van der Waals surface area (Å²) < 4.78 is 10.1. The molecule has 8 heteroatoms. The van der Waals surface area contributed by atoms with Crippen molar-refractivity contribution in [3.8, 4) is 11.5 Å². The van der Waals surface area contributed by atoms with Crippen molar-refractivity contribution in [2.75, 3.05) is 14.2 Å². The molecule has 126 valence electrons. The Bertz CT molecular complexity index is 710. The molecule has 0 heterocycles. The van der Waals surface area contributed by atoms with E-state index in [0.717, 1.165) is 0 Å². The highest BCUT2D eigenvalue weighted by molar-refractivity contribution is 8.76. The fourth-order valence-corrected chi connectivity index (χ4v) is 4.15. The molecule has 0 fully saturated rings. The smallest absolute Gasteiger partial charge is 0.336 e. The Kier molecular flexibility index (Phi) is 5.99. The van der Waals surface area contributed by atoms with Crippen molar-refractivity contribution in [3.05, 3.63) is 47.5 Å². The van der Waals surface area contributed by atoms with E-state index in [-0.39, 0.29) is 11.1 Å². The molecule has 0 aliphatic rings. The number of carbonyl (C=O) groups is 2. The molecule has 0 aromatic heterocycles. The fourth-order valence-electron chi connectivity index (χ4n) is 1.84. The van der Waals surface area contributed by atoms with E-state index < -0.39 is 11.9 Å². The maximum absolute atomic E-state index is 11.4. The lowest BCUT2D eigenvalue weighted by atomic mass is 10.2. The second kappa shape index (κ2) is 7.98. The van der Waals surface area contributed by atoms with Crippen molar-refractivity contribution >= 4 is 33.5 Å². The number of rotatable bonds is 7. The lowest BCUT2D eigenvalue weighted by Gasteiger charge is -2.10. The Labute approximate surface area is 146 Å². The van der Waals surface area contributed by atoms with Gasteiger partial charge in [-0.05, 0) is 36.4 Å². The lowest BCUT2D eigenvalue weighted by molar-refractivity contribution is 0.0682. The summed E-state index contributed by atoms with van der Waals surface area (Å²) in [5.41, 5.74) is 0.189. The summed E-state index contributed by atoms with van der Waals surface area (Å²) in [6.45, 7) is 0. The van der Waals surface area contributed by atoms with Gasteiger partial charge in [-0.15, -0.1) is 0 Å². The molecular formula is C16H14O6S2. The zero-order chi connectivity index (χ0) is 17.7. The first kappa shape index (κ1) is 18.0. The van der Waals surface area contributed by atoms with Crippen LogP contribution in [0.1, 0.15) is 20.7 Å². The Morgan fingerprint density at radius 2 is 1.17 bits per heavy atom. The van der Waals surface area contributed by atoms with Crippen LogP contribution in [0.15, 0.2) is 46.2 Å². The molecule has 0 aliphatic carbocycles. The molecule has 0 saturated carbocycles. The second-order valence-corrected chi connectivity index (χ2v) is 6.71. The zero-order valence-electron chi connectivity index (χ0n) is 12.8. The third-order valence-corrected chi connectivity index (χ3v) is 5.54. The van der Waals surface area contributed by atoms with Gasteiger partial charge in [-0.3, -0.25) is 0 Å². The van der Waals surface area contributed by atoms with E-state index in [9.17, 15) is 19.8 Å². The van der Waals surface area contributed by atoms with E-state index in [0.29, 0.717) is 21.3 Å². The molecule has 0 aliphatic heterocycles.